The van der Waals surface area contributed by atoms with Crippen molar-refractivity contribution in [3.63, 3.8) is 0 Å². The van der Waals surface area contributed by atoms with E-state index >= 15 is 0 Å². The molecule has 0 saturated heterocycles. The molecule has 0 radical (unpaired) electrons. The number of allylic oxidation sites excluding steroid dienone is 2. The number of carbonyl (C=O) groups is 2. The highest BCUT2D eigenvalue weighted by Crippen LogP contribution is 2.50. The quantitative estimate of drug-likeness (QED) is 0.467. The SMILES string of the molecule is COc1cc2c(c(OC)c1OC)-c1ccc(OC)c(=O)cc1C(NC1=C(Cl)C(=O)c3ccccc3C1=O)CC2. The van der Waals surface area contributed by atoms with E-state index < -0.39 is 11.8 Å². The van der Waals surface area contributed by atoms with Gasteiger partial charge in [0.2, 0.25) is 22.7 Å². The molecule has 8 nitrogen and oxygen atoms in total. The van der Waals surface area contributed by atoms with Gasteiger partial charge in [-0.3, -0.25) is 14.4 Å². The number of benzene rings is 2. The zero-order chi connectivity index (χ0) is 27.8. The molecular weight excluding hydrogens is 522 g/mol. The molecule has 0 saturated carbocycles. The number of fused-ring (bicyclic) bond motifs is 4. The summed E-state index contributed by atoms with van der Waals surface area (Å²) in [5.74, 6) is 0.678. The van der Waals surface area contributed by atoms with Crippen molar-refractivity contribution in [1.82, 2.24) is 5.32 Å². The number of methoxy groups -OCH3 is 4. The minimum absolute atomic E-state index is 0.00433. The van der Waals surface area contributed by atoms with Gasteiger partial charge in [0.25, 0.3) is 0 Å². The second-order valence-corrected chi connectivity index (χ2v) is 9.47. The van der Waals surface area contributed by atoms with E-state index in [9.17, 15) is 14.4 Å². The highest BCUT2D eigenvalue weighted by atomic mass is 35.5. The second-order valence-electron chi connectivity index (χ2n) is 9.09. The summed E-state index contributed by atoms with van der Waals surface area (Å²) < 4.78 is 22.3. The number of ether oxygens (including phenoxy) is 4. The van der Waals surface area contributed by atoms with Gasteiger partial charge in [-0.15, -0.1) is 0 Å². The molecule has 3 aromatic carbocycles. The van der Waals surface area contributed by atoms with Gasteiger partial charge in [0, 0.05) is 16.7 Å². The van der Waals surface area contributed by atoms with Crippen LogP contribution in [0.5, 0.6) is 23.0 Å². The van der Waals surface area contributed by atoms with Gasteiger partial charge in [0.15, 0.2) is 17.2 Å². The lowest BCUT2D eigenvalue weighted by Gasteiger charge is -2.25. The van der Waals surface area contributed by atoms with Crippen LogP contribution in [0.3, 0.4) is 0 Å². The van der Waals surface area contributed by atoms with Crippen molar-refractivity contribution in [3.8, 4) is 34.1 Å². The van der Waals surface area contributed by atoms with Crippen molar-refractivity contribution in [2.75, 3.05) is 28.4 Å². The van der Waals surface area contributed by atoms with Gasteiger partial charge in [-0.1, -0.05) is 41.9 Å². The largest absolute Gasteiger partial charge is 0.493 e. The summed E-state index contributed by atoms with van der Waals surface area (Å²) in [6.07, 6.45) is 0.984. The Labute approximate surface area is 230 Å². The molecule has 0 aliphatic heterocycles. The van der Waals surface area contributed by atoms with E-state index in [1.807, 2.05) is 6.07 Å². The Hall–Kier alpha value is -4.30. The monoisotopic (exact) mass is 547 g/mol. The molecule has 0 heterocycles. The van der Waals surface area contributed by atoms with E-state index in [2.05, 4.69) is 5.32 Å². The first kappa shape index (κ1) is 26.3. The summed E-state index contributed by atoms with van der Waals surface area (Å²) in [6.45, 7) is 0. The summed E-state index contributed by atoms with van der Waals surface area (Å²) in [5, 5.41) is 3.04. The maximum absolute atomic E-state index is 13.5. The predicted molar refractivity (Wildman–Crippen MR) is 147 cm³/mol. The highest BCUT2D eigenvalue weighted by Gasteiger charge is 2.35. The lowest BCUT2D eigenvalue weighted by atomic mass is 9.91. The summed E-state index contributed by atoms with van der Waals surface area (Å²) in [5.41, 5.74) is 3.06. The van der Waals surface area contributed by atoms with Crippen LogP contribution in [-0.4, -0.2) is 40.0 Å². The van der Waals surface area contributed by atoms with E-state index in [-0.39, 0.29) is 38.8 Å². The number of hydrogen-bond donors (Lipinski definition) is 1. The molecule has 200 valence electrons. The summed E-state index contributed by atoms with van der Waals surface area (Å²) >= 11 is 6.48. The van der Waals surface area contributed by atoms with Gasteiger partial charge in [-0.25, -0.2) is 0 Å². The first-order valence-corrected chi connectivity index (χ1v) is 12.6. The maximum atomic E-state index is 13.5. The number of rotatable bonds is 6. The molecule has 1 unspecified atom stereocenters. The molecule has 0 aromatic heterocycles. The van der Waals surface area contributed by atoms with Crippen LogP contribution in [0, 0.1) is 0 Å². The van der Waals surface area contributed by atoms with Crippen LogP contribution in [0.4, 0.5) is 0 Å². The molecule has 3 aromatic rings. The molecule has 2 aliphatic carbocycles. The van der Waals surface area contributed by atoms with Crippen LogP contribution in [0.25, 0.3) is 11.1 Å². The molecule has 0 bridgehead atoms. The molecule has 5 rings (SSSR count). The van der Waals surface area contributed by atoms with Gasteiger partial charge in [-0.05, 0) is 47.7 Å². The Kier molecular flexibility index (Phi) is 7.06. The first-order chi connectivity index (χ1) is 18.8. The van der Waals surface area contributed by atoms with Gasteiger partial charge in [0.05, 0.1) is 34.5 Å². The van der Waals surface area contributed by atoms with Gasteiger partial charge in [-0.2, -0.15) is 0 Å². The lowest BCUT2D eigenvalue weighted by Crippen LogP contribution is -2.32. The van der Waals surface area contributed by atoms with Crippen molar-refractivity contribution in [2.24, 2.45) is 0 Å². The minimum Gasteiger partial charge on any atom is -0.493 e. The van der Waals surface area contributed by atoms with Gasteiger partial charge in [0.1, 0.15) is 10.7 Å². The van der Waals surface area contributed by atoms with Crippen molar-refractivity contribution in [3.05, 3.63) is 91.7 Å². The van der Waals surface area contributed by atoms with Crippen LogP contribution in [0.2, 0.25) is 0 Å². The topological polar surface area (TPSA) is 100 Å². The van der Waals surface area contributed by atoms with E-state index in [0.717, 1.165) is 11.1 Å². The van der Waals surface area contributed by atoms with Crippen molar-refractivity contribution < 1.29 is 28.5 Å². The van der Waals surface area contributed by atoms with Gasteiger partial charge >= 0.3 is 0 Å². The molecule has 0 fully saturated rings. The van der Waals surface area contributed by atoms with Gasteiger partial charge < -0.3 is 24.3 Å². The fraction of sp³-hybridized carbons (Fsp3) is 0.233. The highest BCUT2D eigenvalue weighted by molar-refractivity contribution is 6.49. The number of nitrogens with one attached hydrogen (secondary N) is 1. The third kappa shape index (κ3) is 4.30. The first-order valence-electron chi connectivity index (χ1n) is 12.2. The Bertz CT molecular complexity index is 1610. The number of aryl methyl sites for hydroxylation is 1. The van der Waals surface area contributed by atoms with E-state index in [1.165, 1.54) is 27.4 Å². The normalized spacial score (nSPS) is 16.0. The van der Waals surface area contributed by atoms with Crippen molar-refractivity contribution >= 4 is 23.2 Å². The van der Waals surface area contributed by atoms with Crippen molar-refractivity contribution in [2.45, 2.75) is 18.9 Å². The number of ketones is 2. The molecular formula is C30H26ClNO7. The van der Waals surface area contributed by atoms with Crippen LogP contribution in [0.15, 0.2) is 64.1 Å². The zero-order valence-electron chi connectivity index (χ0n) is 21.8. The summed E-state index contributed by atoms with van der Waals surface area (Å²) in [6, 6.07) is 12.7. The predicted octanol–water partition coefficient (Wildman–Crippen LogP) is 4.85. The fourth-order valence-electron chi connectivity index (χ4n) is 5.27. The molecule has 39 heavy (non-hydrogen) atoms. The third-order valence-electron chi connectivity index (χ3n) is 7.10. The number of hydrogen-bond acceptors (Lipinski definition) is 8. The van der Waals surface area contributed by atoms with Crippen LogP contribution in [-0.2, 0) is 6.42 Å². The van der Waals surface area contributed by atoms with Crippen LogP contribution < -0.4 is 29.7 Å². The Morgan fingerprint density at radius 2 is 1.44 bits per heavy atom. The van der Waals surface area contributed by atoms with Crippen molar-refractivity contribution in [1.29, 1.82) is 0 Å². The number of carbonyl (C=O) groups excluding carboxylic acids is 2. The number of halogens is 1. The molecule has 0 spiro atoms. The maximum Gasteiger partial charge on any atom is 0.220 e. The van der Waals surface area contributed by atoms with Crippen LogP contribution >= 0.6 is 11.6 Å². The van der Waals surface area contributed by atoms with E-state index in [4.69, 9.17) is 30.5 Å². The smallest absolute Gasteiger partial charge is 0.220 e. The zero-order valence-corrected chi connectivity index (χ0v) is 22.6. The minimum atomic E-state index is -0.565. The average Bonchev–Trinajstić information content (AvgIpc) is 3.20. The standard InChI is InChI=1S/C30H26ClNO7/c1-36-22-12-10-16-19(14-21(22)33)20(11-9-15-13-23(37-2)29(38-3)30(39-4)24(15)16)32-26-25(31)27(34)17-7-5-6-8-18(17)28(26)35/h5-8,10,12-14,20,32H,9,11H2,1-4H3. The van der Waals surface area contributed by atoms with Crippen LogP contribution in [0.1, 0.15) is 44.3 Å². The summed E-state index contributed by atoms with van der Waals surface area (Å²) in [7, 11) is 6.03. The third-order valence-corrected chi connectivity index (χ3v) is 7.46. The second kappa shape index (κ2) is 10.5. The Balaban J connectivity index is 1.73. The molecule has 2 aliphatic rings. The van der Waals surface area contributed by atoms with E-state index in [1.54, 1.807) is 43.5 Å². The molecule has 1 N–H and O–H groups in total. The fourth-order valence-corrected chi connectivity index (χ4v) is 5.51. The Morgan fingerprint density at radius 3 is 2.08 bits per heavy atom. The Morgan fingerprint density at radius 1 is 0.769 bits per heavy atom. The molecule has 9 heteroatoms. The van der Waals surface area contributed by atoms with E-state index in [0.29, 0.717) is 41.2 Å². The summed E-state index contributed by atoms with van der Waals surface area (Å²) in [4.78, 5) is 39.6. The lowest BCUT2D eigenvalue weighted by molar-refractivity contribution is 0.0972. The number of Topliss-reactive ketones (excluding diaryl/α,β-unsaturated/α-hetero) is 2. The molecule has 1 atom stereocenters. The molecule has 0 amide bonds. The average molecular weight is 548 g/mol.